The quantitative estimate of drug-likeness (QED) is 0.742. The largest absolute Gasteiger partial charge is 0.507 e. The lowest BCUT2D eigenvalue weighted by Crippen LogP contribution is -2.13. The van der Waals surface area contributed by atoms with E-state index in [1.165, 1.54) is 18.2 Å². The number of aryl methyl sites for hydroxylation is 2. The number of aromatic hydroxyl groups is 1. The molecule has 0 saturated heterocycles. The molecule has 0 fully saturated rings. The number of carboxylic acids is 1. The Labute approximate surface area is 120 Å². The van der Waals surface area contributed by atoms with Gasteiger partial charge in [-0.25, -0.2) is 4.79 Å². The van der Waals surface area contributed by atoms with E-state index in [9.17, 15) is 14.7 Å². The van der Waals surface area contributed by atoms with Crippen molar-refractivity contribution in [3.8, 4) is 5.75 Å². The molecule has 0 radical (unpaired) electrons. The van der Waals surface area contributed by atoms with Crippen LogP contribution in [-0.4, -0.2) is 31.9 Å². The molecule has 0 saturated carbocycles. The summed E-state index contributed by atoms with van der Waals surface area (Å²) in [4.78, 5) is 23.1. The van der Waals surface area contributed by atoms with Crippen molar-refractivity contribution in [3.05, 3.63) is 41.2 Å². The summed E-state index contributed by atoms with van der Waals surface area (Å²) in [6.45, 7) is 1.89. The number of phenols is 1. The molecule has 0 spiro atoms. The maximum absolute atomic E-state index is 12.2. The van der Waals surface area contributed by atoms with Gasteiger partial charge in [-0.15, -0.1) is 0 Å². The molecular weight excluding hydrogens is 274 g/mol. The maximum Gasteiger partial charge on any atom is 0.339 e. The van der Waals surface area contributed by atoms with Gasteiger partial charge in [-0.2, -0.15) is 5.10 Å². The van der Waals surface area contributed by atoms with Crippen LogP contribution in [0, 0.1) is 0 Å². The van der Waals surface area contributed by atoms with Crippen LogP contribution in [0.3, 0.4) is 0 Å². The fourth-order valence-corrected chi connectivity index (χ4v) is 1.97. The number of carbonyl (C=O) groups is 2. The van der Waals surface area contributed by atoms with Crippen molar-refractivity contribution in [3.63, 3.8) is 0 Å². The van der Waals surface area contributed by atoms with E-state index in [0.29, 0.717) is 23.4 Å². The third kappa shape index (κ3) is 3.02. The zero-order valence-corrected chi connectivity index (χ0v) is 11.6. The van der Waals surface area contributed by atoms with Crippen molar-refractivity contribution >= 4 is 17.6 Å². The minimum Gasteiger partial charge on any atom is -0.507 e. The second-order valence-corrected chi connectivity index (χ2v) is 4.51. The number of rotatable bonds is 4. The highest BCUT2D eigenvalue weighted by Gasteiger charge is 2.16. The molecule has 0 atom stereocenters. The van der Waals surface area contributed by atoms with Crippen LogP contribution in [0.5, 0.6) is 5.75 Å². The fraction of sp³-hybridized carbons (Fsp3) is 0.214. The van der Waals surface area contributed by atoms with Crippen LogP contribution in [0.2, 0.25) is 0 Å². The zero-order chi connectivity index (χ0) is 15.6. The Morgan fingerprint density at radius 1 is 1.33 bits per heavy atom. The van der Waals surface area contributed by atoms with Crippen molar-refractivity contribution in [2.24, 2.45) is 7.05 Å². The lowest BCUT2D eigenvalue weighted by molar-refractivity contribution is 0.0693. The van der Waals surface area contributed by atoms with Gasteiger partial charge < -0.3 is 15.5 Å². The molecule has 110 valence electrons. The molecule has 2 aromatic rings. The molecule has 1 aromatic carbocycles. The van der Waals surface area contributed by atoms with Gasteiger partial charge >= 0.3 is 5.97 Å². The molecule has 1 amide bonds. The molecule has 0 aliphatic rings. The number of carboxylic acid groups (broad SMARTS) is 1. The lowest BCUT2D eigenvalue weighted by atomic mass is 10.1. The Bertz CT molecular complexity index is 706. The van der Waals surface area contributed by atoms with E-state index in [2.05, 4.69) is 10.4 Å². The third-order valence-corrected chi connectivity index (χ3v) is 2.97. The van der Waals surface area contributed by atoms with Gasteiger partial charge in [-0.05, 0) is 24.6 Å². The van der Waals surface area contributed by atoms with Crippen LogP contribution < -0.4 is 5.32 Å². The Kier molecular flexibility index (Phi) is 3.93. The smallest absolute Gasteiger partial charge is 0.339 e. The average Bonchev–Trinajstić information content (AvgIpc) is 2.82. The van der Waals surface area contributed by atoms with Crippen molar-refractivity contribution in [1.29, 1.82) is 0 Å². The normalized spacial score (nSPS) is 10.4. The minimum absolute atomic E-state index is 0.269. The Morgan fingerprint density at radius 2 is 2.05 bits per heavy atom. The molecule has 7 heteroatoms. The van der Waals surface area contributed by atoms with E-state index < -0.39 is 5.97 Å². The number of benzene rings is 1. The van der Waals surface area contributed by atoms with Crippen LogP contribution in [0.4, 0.5) is 5.69 Å². The summed E-state index contributed by atoms with van der Waals surface area (Å²) in [6.07, 6.45) is 2.21. The SMILES string of the molecule is CCc1nn(C)cc1C(=O)Nc1ccc(O)c(C(=O)O)c1. The van der Waals surface area contributed by atoms with Crippen molar-refractivity contribution in [2.75, 3.05) is 5.32 Å². The van der Waals surface area contributed by atoms with E-state index >= 15 is 0 Å². The molecule has 1 heterocycles. The van der Waals surface area contributed by atoms with Gasteiger partial charge in [0.2, 0.25) is 0 Å². The monoisotopic (exact) mass is 289 g/mol. The van der Waals surface area contributed by atoms with E-state index in [4.69, 9.17) is 5.11 Å². The number of carbonyl (C=O) groups excluding carboxylic acids is 1. The highest BCUT2D eigenvalue weighted by Crippen LogP contribution is 2.22. The fourth-order valence-electron chi connectivity index (χ4n) is 1.97. The second-order valence-electron chi connectivity index (χ2n) is 4.51. The number of nitrogens with zero attached hydrogens (tertiary/aromatic N) is 2. The van der Waals surface area contributed by atoms with Gasteiger partial charge in [-0.3, -0.25) is 9.48 Å². The first-order valence-electron chi connectivity index (χ1n) is 6.32. The summed E-state index contributed by atoms with van der Waals surface area (Å²) in [5.41, 5.74) is 1.12. The number of hydrogen-bond donors (Lipinski definition) is 3. The van der Waals surface area contributed by atoms with Gasteiger partial charge in [0.1, 0.15) is 11.3 Å². The molecule has 0 bridgehead atoms. The van der Waals surface area contributed by atoms with Gasteiger partial charge in [0.15, 0.2) is 0 Å². The van der Waals surface area contributed by atoms with E-state index in [-0.39, 0.29) is 17.2 Å². The molecular formula is C14H15N3O4. The van der Waals surface area contributed by atoms with E-state index in [1.54, 1.807) is 17.9 Å². The standard InChI is InChI=1S/C14H15N3O4/c1-3-11-10(7-17(2)16-11)13(19)15-8-4-5-12(18)9(6-8)14(20)21/h4-7,18H,3H2,1-2H3,(H,15,19)(H,20,21). The summed E-state index contributed by atoms with van der Waals surface area (Å²) in [5.74, 6) is -1.99. The van der Waals surface area contributed by atoms with Crippen LogP contribution in [-0.2, 0) is 13.5 Å². The molecule has 2 rings (SSSR count). The molecule has 0 aliphatic heterocycles. The summed E-state index contributed by atoms with van der Waals surface area (Å²) in [6, 6.07) is 3.86. The molecule has 1 aromatic heterocycles. The summed E-state index contributed by atoms with van der Waals surface area (Å²) < 4.78 is 1.55. The zero-order valence-electron chi connectivity index (χ0n) is 11.6. The number of nitrogens with one attached hydrogen (secondary N) is 1. The summed E-state index contributed by atoms with van der Waals surface area (Å²) >= 11 is 0. The predicted octanol–water partition coefficient (Wildman–Crippen LogP) is 1.64. The van der Waals surface area contributed by atoms with E-state index in [0.717, 1.165) is 0 Å². The van der Waals surface area contributed by atoms with Crippen LogP contribution in [0.1, 0.15) is 33.3 Å². The Morgan fingerprint density at radius 3 is 2.67 bits per heavy atom. The first kappa shape index (κ1) is 14.6. The Hall–Kier alpha value is -2.83. The maximum atomic E-state index is 12.2. The van der Waals surface area contributed by atoms with Gasteiger partial charge in [0.25, 0.3) is 5.91 Å². The number of aromatic nitrogens is 2. The van der Waals surface area contributed by atoms with Gasteiger partial charge in [0.05, 0.1) is 11.3 Å². The van der Waals surface area contributed by atoms with Crippen LogP contribution >= 0.6 is 0 Å². The van der Waals surface area contributed by atoms with Crippen molar-refractivity contribution < 1.29 is 19.8 Å². The molecule has 0 aliphatic carbocycles. The topological polar surface area (TPSA) is 104 Å². The first-order valence-corrected chi connectivity index (χ1v) is 6.32. The van der Waals surface area contributed by atoms with E-state index in [1.807, 2.05) is 6.92 Å². The highest BCUT2D eigenvalue weighted by molar-refractivity contribution is 6.05. The van der Waals surface area contributed by atoms with Crippen molar-refractivity contribution in [1.82, 2.24) is 9.78 Å². The third-order valence-electron chi connectivity index (χ3n) is 2.97. The molecule has 3 N–H and O–H groups in total. The summed E-state index contributed by atoms with van der Waals surface area (Å²) in [7, 11) is 1.72. The number of anilines is 1. The molecule has 7 nitrogen and oxygen atoms in total. The molecule has 0 unspecified atom stereocenters. The highest BCUT2D eigenvalue weighted by atomic mass is 16.4. The second kappa shape index (κ2) is 5.66. The Balaban J connectivity index is 2.27. The number of aromatic carboxylic acids is 1. The lowest BCUT2D eigenvalue weighted by Gasteiger charge is -2.07. The average molecular weight is 289 g/mol. The van der Waals surface area contributed by atoms with Crippen LogP contribution in [0.15, 0.2) is 24.4 Å². The first-order chi connectivity index (χ1) is 9.92. The minimum atomic E-state index is -1.26. The predicted molar refractivity (Wildman–Crippen MR) is 75.6 cm³/mol. The van der Waals surface area contributed by atoms with Crippen molar-refractivity contribution in [2.45, 2.75) is 13.3 Å². The van der Waals surface area contributed by atoms with Crippen LogP contribution in [0.25, 0.3) is 0 Å². The molecule has 21 heavy (non-hydrogen) atoms. The number of amides is 1. The number of hydrogen-bond acceptors (Lipinski definition) is 4. The summed E-state index contributed by atoms with van der Waals surface area (Å²) in [5, 5.41) is 25.2. The van der Waals surface area contributed by atoms with Gasteiger partial charge in [0, 0.05) is 18.9 Å². The van der Waals surface area contributed by atoms with Gasteiger partial charge in [-0.1, -0.05) is 6.92 Å².